The van der Waals surface area contributed by atoms with E-state index in [9.17, 15) is 4.57 Å². The molecule has 0 aromatic rings. The number of hydrogen-bond acceptors (Lipinski definition) is 1. The molecule has 108 valence electrons. The molecule has 0 saturated carbocycles. The molecule has 0 saturated heterocycles. The third kappa shape index (κ3) is 5.48. The summed E-state index contributed by atoms with van der Waals surface area (Å²) in [6, 6.07) is 0. The summed E-state index contributed by atoms with van der Waals surface area (Å²) in [6.07, 6.45) is 8.07. The average molecular weight is 284 g/mol. The molecule has 0 unspecified atom stereocenters. The molecule has 0 radical (unpaired) electrons. The summed E-state index contributed by atoms with van der Waals surface area (Å²) >= 11 is 0. The SMILES string of the molecule is CC(C=CP(=O)(O)O)=CCC1=C(C)CCCC1(C)C. The highest BCUT2D eigenvalue weighted by atomic mass is 31.2. The maximum atomic E-state index is 10.8. The highest BCUT2D eigenvalue weighted by Gasteiger charge is 2.27. The van der Waals surface area contributed by atoms with E-state index in [0.29, 0.717) is 0 Å². The zero-order valence-electron chi connectivity index (χ0n) is 12.3. The van der Waals surface area contributed by atoms with Gasteiger partial charge < -0.3 is 9.79 Å². The van der Waals surface area contributed by atoms with Gasteiger partial charge in [0.25, 0.3) is 0 Å². The molecule has 19 heavy (non-hydrogen) atoms. The van der Waals surface area contributed by atoms with Gasteiger partial charge in [-0.3, -0.25) is 4.57 Å². The first-order valence-corrected chi connectivity index (χ1v) is 8.40. The standard InChI is InChI=1S/C15H25O3P/c1-12(9-11-19(16,17)18)7-8-14-13(2)6-5-10-15(14,3)4/h7,9,11H,5-6,8,10H2,1-4H3,(H2,16,17,18). The minimum Gasteiger partial charge on any atom is -0.321 e. The number of hydrogen-bond donors (Lipinski definition) is 2. The molecule has 0 fully saturated rings. The normalized spacial score (nSPS) is 21.3. The molecule has 3 nitrogen and oxygen atoms in total. The summed E-state index contributed by atoms with van der Waals surface area (Å²) in [7, 11) is -4.05. The van der Waals surface area contributed by atoms with Crippen LogP contribution >= 0.6 is 7.60 Å². The Labute approximate surface area is 116 Å². The van der Waals surface area contributed by atoms with Crippen LogP contribution in [-0.4, -0.2) is 9.79 Å². The molecule has 0 aromatic carbocycles. The highest BCUT2D eigenvalue weighted by Crippen LogP contribution is 2.42. The third-order valence-electron chi connectivity index (χ3n) is 3.85. The van der Waals surface area contributed by atoms with Crippen molar-refractivity contribution in [1.82, 2.24) is 0 Å². The van der Waals surface area contributed by atoms with Crippen molar-refractivity contribution in [2.45, 2.75) is 53.4 Å². The molecule has 1 rings (SSSR count). The molecule has 0 bridgehead atoms. The van der Waals surface area contributed by atoms with Crippen molar-refractivity contribution >= 4 is 7.60 Å². The molecule has 0 amide bonds. The zero-order valence-corrected chi connectivity index (χ0v) is 13.2. The molecule has 2 N–H and O–H groups in total. The van der Waals surface area contributed by atoms with Gasteiger partial charge in [0.1, 0.15) is 0 Å². The van der Waals surface area contributed by atoms with Crippen LogP contribution in [0.3, 0.4) is 0 Å². The predicted molar refractivity (Wildman–Crippen MR) is 79.9 cm³/mol. The van der Waals surface area contributed by atoms with E-state index < -0.39 is 7.60 Å². The summed E-state index contributed by atoms with van der Waals surface area (Å²) in [5.41, 5.74) is 4.08. The Bertz CT molecular complexity index is 464. The lowest BCUT2D eigenvalue weighted by Crippen LogP contribution is -2.20. The Hall–Kier alpha value is -0.630. The van der Waals surface area contributed by atoms with Crippen molar-refractivity contribution in [3.05, 3.63) is 34.7 Å². The van der Waals surface area contributed by atoms with E-state index in [4.69, 9.17) is 9.79 Å². The lowest BCUT2D eigenvalue weighted by Gasteiger charge is -2.34. The predicted octanol–water partition coefficient (Wildman–Crippen LogP) is 4.54. The first-order chi connectivity index (χ1) is 8.62. The molecular weight excluding hydrogens is 259 g/mol. The summed E-state index contributed by atoms with van der Waals surface area (Å²) in [5.74, 6) is 0.964. The van der Waals surface area contributed by atoms with Crippen LogP contribution in [0.5, 0.6) is 0 Å². The van der Waals surface area contributed by atoms with Crippen LogP contribution in [0.15, 0.2) is 34.7 Å². The smallest absolute Gasteiger partial charge is 0.321 e. The van der Waals surface area contributed by atoms with Gasteiger partial charge in [0.15, 0.2) is 0 Å². The molecule has 0 spiro atoms. The Morgan fingerprint density at radius 1 is 1.42 bits per heavy atom. The number of allylic oxidation sites excluding steroid dienone is 5. The first kappa shape index (κ1) is 16.4. The molecule has 1 aliphatic rings. The molecular formula is C15H25O3P. The van der Waals surface area contributed by atoms with Crippen molar-refractivity contribution in [2.75, 3.05) is 0 Å². The fourth-order valence-electron chi connectivity index (χ4n) is 2.67. The Kier molecular flexibility index (Phi) is 5.37. The van der Waals surface area contributed by atoms with E-state index in [0.717, 1.165) is 17.8 Å². The van der Waals surface area contributed by atoms with E-state index in [1.54, 1.807) is 0 Å². The van der Waals surface area contributed by atoms with Crippen molar-refractivity contribution in [2.24, 2.45) is 5.41 Å². The summed E-state index contributed by atoms with van der Waals surface area (Å²) < 4.78 is 10.8. The van der Waals surface area contributed by atoms with E-state index >= 15 is 0 Å². The Balaban J connectivity index is 2.80. The van der Waals surface area contributed by atoms with Crippen LogP contribution in [0, 0.1) is 5.41 Å². The summed E-state index contributed by atoms with van der Waals surface area (Å²) in [4.78, 5) is 17.6. The molecule has 0 heterocycles. The van der Waals surface area contributed by atoms with Gasteiger partial charge in [-0.25, -0.2) is 0 Å². The van der Waals surface area contributed by atoms with E-state index in [2.05, 4.69) is 26.8 Å². The van der Waals surface area contributed by atoms with Gasteiger partial charge in [0, 0.05) is 5.82 Å². The second kappa shape index (κ2) is 6.21. The zero-order chi connectivity index (χ0) is 14.7. The van der Waals surface area contributed by atoms with Gasteiger partial charge in [-0.15, -0.1) is 0 Å². The van der Waals surface area contributed by atoms with Crippen LogP contribution in [-0.2, 0) is 4.57 Å². The fourth-order valence-corrected chi connectivity index (χ4v) is 3.10. The molecule has 1 aliphatic carbocycles. The van der Waals surface area contributed by atoms with Gasteiger partial charge in [-0.05, 0) is 44.9 Å². The molecule has 0 aliphatic heterocycles. The van der Waals surface area contributed by atoms with Crippen LogP contribution in [0.4, 0.5) is 0 Å². The third-order valence-corrected chi connectivity index (χ3v) is 4.38. The quantitative estimate of drug-likeness (QED) is 0.452. The minimum atomic E-state index is -4.05. The van der Waals surface area contributed by atoms with Crippen LogP contribution < -0.4 is 0 Å². The molecule has 4 heteroatoms. The highest BCUT2D eigenvalue weighted by molar-refractivity contribution is 7.55. The Morgan fingerprint density at radius 2 is 2.05 bits per heavy atom. The summed E-state index contributed by atoms with van der Waals surface area (Å²) in [5, 5.41) is 0. The Morgan fingerprint density at radius 3 is 2.58 bits per heavy atom. The summed E-state index contributed by atoms with van der Waals surface area (Å²) in [6.45, 7) is 8.63. The maximum Gasteiger partial charge on any atom is 0.349 e. The minimum absolute atomic E-state index is 0.242. The van der Waals surface area contributed by atoms with Crippen molar-refractivity contribution in [1.29, 1.82) is 0 Å². The largest absolute Gasteiger partial charge is 0.349 e. The van der Waals surface area contributed by atoms with Gasteiger partial charge in [0.2, 0.25) is 0 Å². The van der Waals surface area contributed by atoms with Crippen molar-refractivity contribution in [3.8, 4) is 0 Å². The van der Waals surface area contributed by atoms with Gasteiger partial charge >= 0.3 is 7.60 Å². The van der Waals surface area contributed by atoms with E-state index in [-0.39, 0.29) is 5.41 Å². The van der Waals surface area contributed by atoms with Gasteiger partial charge in [-0.1, -0.05) is 42.7 Å². The second-order valence-corrected chi connectivity index (χ2v) is 7.53. The van der Waals surface area contributed by atoms with E-state index in [1.807, 2.05) is 6.92 Å². The second-order valence-electron chi connectivity index (χ2n) is 6.05. The lowest BCUT2D eigenvalue weighted by atomic mass is 9.71. The van der Waals surface area contributed by atoms with Gasteiger partial charge in [-0.2, -0.15) is 0 Å². The van der Waals surface area contributed by atoms with Gasteiger partial charge in [0.05, 0.1) is 0 Å². The van der Waals surface area contributed by atoms with Crippen molar-refractivity contribution in [3.63, 3.8) is 0 Å². The lowest BCUT2D eigenvalue weighted by molar-refractivity contribution is 0.360. The average Bonchev–Trinajstić information content (AvgIpc) is 2.23. The van der Waals surface area contributed by atoms with E-state index in [1.165, 1.54) is 36.5 Å². The fraction of sp³-hybridized carbons (Fsp3) is 0.600. The first-order valence-electron chi connectivity index (χ1n) is 6.72. The monoisotopic (exact) mass is 284 g/mol. The van der Waals surface area contributed by atoms with Crippen LogP contribution in [0.25, 0.3) is 0 Å². The molecule has 0 atom stereocenters. The van der Waals surface area contributed by atoms with Crippen LogP contribution in [0.2, 0.25) is 0 Å². The number of rotatable bonds is 4. The topological polar surface area (TPSA) is 57.5 Å². The maximum absolute atomic E-state index is 10.8. The molecule has 0 aromatic heterocycles. The van der Waals surface area contributed by atoms with Crippen LogP contribution in [0.1, 0.15) is 53.4 Å². The van der Waals surface area contributed by atoms with Crippen molar-refractivity contribution < 1.29 is 14.4 Å².